The highest BCUT2D eigenvalue weighted by Gasteiger charge is 2.30. The van der Waals surface area contributed by atoms with Crippen LogP contribution in [0.4, 0.5) is 0 Å². The molecule has 1 aromatic rings. The van der Waals surface area contributed by atoms with Crippen molar-refractivity contribution in [3.63, 3.8) is 0 Å². The Morgan fingerprint density at radius 1 is 1.65 bits per heavy atom. The zero-order valence-electron chi connectivity index (χ0n) is 10.0. The molecule has 0 bridgehead atoms. The lowest BCUT2D eigenvalue weighted by molar-refractivity contribution is 0.547. The highest BCUT2D eigenvalue weighted by Crippen LogP contribution is 2.31. The topological polar surface area (TPSA) is 90.0 Å². The number of nitrogens with two attached hydrogens (primary N) is 1. The van der Waals surface area contributed by atoms with Crippen LogP contribution in [-0.4, -0.2) is 30.8 Å². The third-order valence-corrected chi connectivity index (χ3v) is 4.74. The zero-order valence-corrected chi connectivity index (χ0v) is 10.9. The van der Waals surface area contributed by atoms with Crippen LogP contribution in [0.5, 0.6) is 0 Å². The Balaban J connectivity index is 2.05. The molecule has 1 unspecified atom stereocenters. The average Bonchev–Trinajstić information content (AvgIpc) is 3.04. The van der Waals surface area contributed by atoms with Gasteiger partial charge in [0.1, 0.15) is 4.90 Å². The normalized spacial score (nSPS) is 18.3. The highest BCUT2D eigenvalue weighted by atomic mass is 32.2. The second-order valence-corrected chi connectivity index (χ2v) is 6.31. The number of sulfonamides is 1. The van der Waals surface area contributed by atoms with E-state index in [9.17, 15) is 8.42 Å². The van der Waals surface area contributed by atoms with Crippen LogP contribution in [0.2, 0.25) is 0 Å². The standard InChI is InChI=1S/C10H18N4O2S/c1-7-10(6-12-14(7)2)17(15,16)13-5-9(11)8-3-4-8/h6,8-9,13H,3-5,11H2,1-2H3. The molecule has 0 spiro atoms. The molecule has 2 rings (SSSR count). The largest absolute Gasteiger partial charge is 0.326 e. The predicted molar refractivity (Wildman–Crippen MR) is 63.8 cm³/mol. The van der Waals surface area contributed by atoms with Crippen molar-refractivity contribution in [2.45, 2.75) is 30.7 Å². The van der Waals surface area contributed by atoms with Gasteiger partial charge in [-0.3, -0.25) is 4.68 Å². The van der Waals surface area contributed by atoms with Gasteiger partial charge in [-0.2, -0.15) is 5.10 Å². The molecule has 17 heavy (non-hydrogen) atoms. The molecule has 1 saturated carbocycles. The minimum Gasteiger partial charge on any atom is -0.326 e. The van der Waals surface area contributed by atoms with Gasteiger partial charge in [-0.05, 0) is 25.7 Å². The molecule has 96 valence electrons. The third-order valence-electron chi connectivity index (χ3n) is 3.22. The Morgan fingerprint density at radius 3 is 2.76 bits per heavy atom. The zero-order chi connectivity index (χ0) is 12.6. The fourth-order valence-electron chi connectivity index (χ4n) is 1.72. The summed E-state index contributed by atoms with van der Waals surface area (Å²) in [6.07, 6.45) is 3.57. The maximum absolute atomic E-state index is 12.0. The summed E-state index contributed by atoms with van der Waals surface area (Å²) in [6, 6.07) is -0.0817. The lowest BCUT2D eigenvalue weighted by Gasteiger charge is -2.11. The summed E-state index contributed by atoms with van der Waals surface area (Å²) < 4.78 is 28.1. The Hall–Kier alpha value is -0.920. The van der Waals surface area contributed by atoms with Gasteiger partial charge in [0, 0.05) is 19.6 Å². The van der Waals surface area contributed by atoms with Gasteiger partial charge in [-0.25, -0.2) is 13.1 Å². The minimum absolute atomic E-state index is 0.0817. The molecule has 1 aliphatic carbocycles. The smallest absolute Gasteiger partial charge is 0.244 e. The summed E-state index contributed by atoms with van der Waals surface area (Å²) in [6.45, 7) is 2.02. The van der Waals surface area contributed by atoms with Gasteiger partial charge in [0.05, 0.1) is 11.9 Å². The van der Waals surface area contributed by atoms with Gasteiger partial charge in [-0.1, -0.05) is 0 Å². The SMILES string of the molecule is Cc1c(S(=O)(=O)NCC(N)C2CC2)cnn1C. The minimum atomic E-state index is -3.48. The summed E-state index contributed by atoms with van der Waals surface area (Å²) >= 11 is 0. The van der Waals surface area contributed by atoms with E-state index in [1.54, 1.807) is 14.0 Å². The molecule has 3 N–H and O–H groups in total. The number of aryl methyl sites for hydroxylation is 1. The maximum Gasteiger partial charge on any atom is 0.244 e. The van der Waals surface area contributed by atoms with E-state index in [1.807, 2.05) is 0 Å². The van der Waals surface area contributed by atoms with Crippen molar-refractivity contribution in [3.8, 4) is 0 Å². The van der Waals surface area contributed by atoms with E-state index in [0.717, 1.165) is 12.8 Å². The van der Waals surface area contributed by atoms with Gasteiger partial charge in [0.25, 0.3) is 0 Å². The van der Waals surface area contributed by atoms with E-state index in [4.69, 9.17) is 5.73 Å². The number of rotatable bonds is 5. The summed E-state index contributed by atoms with van der Waals surface area (Å²) in [5.74, 6) is 0.479. The number of hydrogen-bond donors (Lipinski definition) is 2. The van der Waals surface area contributed by atoms with Gasteiger partial charge in [0.15, 0.2) is 0 Å². The molecule has 0 amide bonds. The van der Waals surface area contributed by atoms with E-state index in [1.165, 1.54) is 10.9 Å². The van der Waals surface area contributed by atoms with Crippen molar-refractivity contribution < 1.29 is 8.42 Å². The van der Waals surface area contributed by atoms with Crippen molar-refractivity contribution in [1.29, 1.82) is 0 Å². The maximum atomic E-state index is 12.0. The molecule has 1 aliphatic rings. The average molecular weight is 258 g/mol. The Labute approximate surface area is 101 Å². The van der Waals surface area contributed by atoms with E-state index >= 15 is 0 Å². The van der Waals surface area contributed by atoms with Gasteiger partial charge in [0.2, 0.25) is 10.0 Å². The first-order chi connectivity index (χ1) is 7.92. The Morgan fingerprint density at radius 2 is 2.29 bits per heavy atom. The van der Waals surface area contributed by atoms with Crippen LogP contribution in [0.1, 0.15) is 18.5 Å². The molecule has 1 fully saturated rings. The second-order valence-electron chi connectivity index (χ2n) is 4.57. The Bertz CT molecular complexity index is 504. The lowest BCUT2D eigenvalue weighted by atomic mass is 10.2. The molecule has 0 aliphatic heterocycles. The highest BCUT2D eigenvalue weighted by molar-refractivity contribution is 7.89. The fraction of sp³-hybridized carbons (Fsp3) is 0.700. The van der Waals surface area contributed by atoms with E-state index in [-0.39, 0.29) is 10.9 Å². The van der Waals surface area contributed by atoms with Crippen LogP contribution < -0.4 is 10.5 Å². The Kier molecular flexibility index (Phi) is 3.24. The molecule has 6 nitrogen and oxygen atoms in total. The third kappa shape index (κ3) is 2.67. The summed E-state index contributed by atoms with van der Waals surface area (Å²) in [5, 5.41) is 3.92. The fourth-order valence-corrected chi connectivity index (χ4v) is 2.99. The molecule has 0 radical (unpaired) electrons. The summed E-state index contributed by atoms with van der Waals surface area (Å²) in [4.78, 5) is 0.225. The van der Waals surface area contributed by atoms with Crippen LogP contribution in [0.25, 0.3) is 0 Å². The van der Waals surface area contributed by atoms with E-state index in [2.05, 4.69) is 9.82 Å². The number of nitrogens with zero attached hydrogens (tertiary/aromatic N) is 2. The molecular formula is C10H18N4O2S. The van der Waals surface area contributed by atoms with Crippen LogP contribution in [0.3, 0.4) is 0 Å². The molecule has 0 saturated heterocycles. The van der Waals surface area contributed by atoms with E-state index in [0.29, 0.717) is 18.2 Å². The lowest BCUT2D eigenvalue weighted by Crippen LogP contribution is -2.38. The number of hydrogen-bond acceptors (Lipinski definition) is 4. The molecular weight excluding hydrogens is 240 g/mol. The first-order valence-electron chi connectivity index (χ1n) is 5.65. The molecule has 7 heteroatoms. The first kappa shape index (κ1) is 12.5. The van der Waals surface area contributed by atoms with Gasteiger partial charge >= 0.3 is 0 Å². The monoisotopic (exact) mass is 258 g/mol. The quantitative estimate of drug-likeness (QED) is 0.761. The van der Waals surface area contributed by atoms with Gasteiger partial charge < -0.3 is 5.73 Å². The van der Waals surface area contributed by atoms with Crippen LogP contribution in [0.15, 0.2) is 11.1 Å². The van der Waals surface area contributed by atoms with Crippen molar-refractivity contribution in [3.05, 3.63) is 11.9 Å². The van der Waals surface area contributed by atoms with Crippen molar-refractivity contribution in [1.82, 2.24) is 14.5 Å². The number of nitrogens with one attached hydrogen (secondary N) is 1. The van der Waals surface area contributed by atoms with Crippen LogP contribution >= 0.6 is 0 Å². The number of aromatic nitrogens is 2. The van der Waals surface area contributed by atoms with Crippen LogP contribution in [-0.2, 0) is 17.1 Å². The summed E-state index contributed by atoms with van der Waals surface area (Å²) in [5.41, 5.74) is 6.48. The van der Waals surface area contributed by atoms with Crippen molar-refractivity contribution in [2.24, 2.45) is 18.7 Å². The first-order valence-corrected chi connectivity index (χ1v) is 7.14. The second kappa shape index (κ2) is 4.40. The van der Waals surface area contributed by atoms with Gasteiger partial charge in [-0.15, -0.1) is 0 Å². The predicted octanol–water partition coefficient (Wildman–Crippen LogP) is -0.256. The molecule has 1 heterocycles. The van der Waals surface area contributed by atoms with E-state index < -0.39 is 10.0 Å². The molecule has 1 aromatic heterocycles. The van der Waals surface area contributed by atoms with Crippen molar-refractivity contribution in [2.75, 3.05) is 6.54 Å². The van der Waals surface area contributed by atoms with Crippen molar-refractivity contribution >= 4 is 10.0 Å². The molecule has 0 aromatic carbocycles. The van der Waals surface area contributed by atoms with Crippen LogP contribution in [0, 0.1) is 12.8 Å². The molecule has 1 atom stereocenters. The summed E-state index contributed by atoms with van der Waals surface area (Å²) in [7, 11) is -1.77.